The average molecular weight is 210 g/mol. The SMILES string of the molecule is NC1(CCCc2ccccc2Cl)CC1. The number of hydrogen-bond donors (Lipinski definition) is 1. The van der Waals surface area contributed by atoms with E-state index < -0.39 is 0 Å². The minimum Gasteiger partial charge on any atom is -0.325 e. The molecule has 0 atom stereocenters. The molecule has 0 aromatic heterocycles. The van der Waals surface area contributed by atoms with Crippen molar-refractivity contribution in [2.45, 2.75) is 37.6 Å². The Hall–Kier alpha value is -0.530. The molecule has 0 radical (unpaired) electrons. The monoisotopic (exact) mass is 209 g/mol. The van der Waals surface area contributed by atoms with Crippen LogP contribution < -0.4 is 5.73 Å². The highest BCUT2D eigenvalue weighted by molar-refractivity contribution is 6.31. The molecule has 1 aromatic carbocycles. The lowest BCUT2D eigenvalue weighted by molar-refractivity contribution is 0.576. The smallest absolute Gasteiger partial charge is 0.0437 e. The van der Waals surface area contributed by atoms with E-state index in [0.717, 1.165) is 24.3 Å². The third-order valence-corrected chi connectivity index (χ3v) is 3.34. The molecule has 0 aliphatic heterocycles. The van der Waals surface area contributed by atoms with E-state index in [9.17, 15) is 0 Å². The second-order valence-electron chi connectivity index (χ2n) is 4.31. The molecule has 1 aromatic rings. The van der Waals surface area contributed by atoms with E-state index in [-0.39, 0.29) is 5.54 Å². The van der Waals surface area contributed by atoms with Gasteiger partial charge in [0.1, 0.15) is 0 Å². The van der Waals surface area contributed by atoms with Crippen LogP contribution in [0.25, 0.3) is 0 Å². The molecule has 0 saturated heterocycles. The fourth-order valence-corrected chi connectivity index (χ4v) is 1.97. The summed E-state index contributed by atoms with van der Waals surface area (Å²) in [6, 6.07) is 8.05. The van der Waals surface area contributed by atoms with Gasteiger partial charge < -0.3 is 5.73 Å². The normalized spacial score (nSPS) is 18.1. The Morgan fingerprint density at radius 3 is 2.64 bits per heavy atom. The van der Waals surface area contributed by atoms with Crippen molar-refractivity contribution < 1.29 is 0 Å². The molecule has 1 nitrogen and oxygen atoms in total. The van der Waals surface area contributed by atoms with Crippen LogP contribution in [0.5, 0.6) is 0 Å². The van der Waals surface area contributed by atoms with E-state index in [4.69, 9.17) is 17.3 Å². The Balaban J connectivity index is 1.83. The van der Waals surface area contributed by atoms with Crippen molar-refractivity contribution in [2.24, 2.45) is 5.73 Å². The first-order chi connectivity index (χ1) is 6.70. The van der Waals surface area contributed by atoms with Crippen molar-refractivity contribution in [1.29, 1.82) is 0 Å². The zero-order chi connectivity index (χ0) is 10.0. The maximum Gasteiger partial charge on any atom is 0.0437 e. The molecule has 14 heavy (non-hydrogen) atoms. The molecule has 2 N–H and O–H groups in total. The molecule has 0 spiro atoms. The van der Waals surface area contributed by atoms with Crippen molar-refractivity contribution in [2.75, 3.05) is 0 Å². The standard InChI is InChI=1S/C12H16ClN/c13-11-6-2-1-4-10(11)5-3-7-12(14)8-9-12/h1-2,4,6H,3,5,7-9,14H2. The molecule has 0 amide bonds. The van der Waals surface area contributed by atoms with E-state index in [1.807, 2.05) is 18.2 Å². The summed E-state index contributed by atoms with van der Waals surface area (Å²) >= 11 is 6.06. The van der Waals surface area contributed by atoms with Gasteiger partial charge in [0.25, 0.3) is 0 Å². The van der Waals surface area contributed by atoms with Crippen LogP contribution in [0.2, 0.25) is 5.02 Å². The summed E-state index contributed by atoms with van der Waals surface area (Å²) in [6.45, 7) is 0. The number of rotatable bonds is 4. The summed E-state index contributed by atoms with van der Waals surface area (Å²) in [4.78, 5) is 0. The number of nitrogens with two attached hydrogens (primary N) is 1. The molecular weight excluding hydrogens is 194 g/mol. The van der Waals surface area contributed by atoms with Crippen molar-refractivity contribution in [3.05, 3.63) is 34.9 Å². The largest absolute Gasteiger partial charge is 0.325 e. The highest BCUT2D eigenvalue weighted by atomic mass is 35.5. The Bertz CT molecular complexity index is 318. The highest BCUT2D eigenvalue weighted by Gasteiger charge is 2.36. The van der Waals surface area contributed by atoms with Crippen LogP contribution in [0, 0.1) is 0 Å². The first-order valence-corrected chi connectivity index (χ1v) is 5.60. The third-order valence-electron chi connectivity index (χ3n) is 2.97. The van der Waals surface area contributed by atoms with Crippen LogP contribution >= 0.6 is 11.6 Å². The number of halogens is 1. The maximum atomic E-state index is 6.06. The first kappa shape index (κ1) is 10.0. The summed E-state index contributed by atoms with van der Waals surface area (Å²) in [7, 11) is 0. The summed E-state index contributed by atoms with van der Waals surface area (Å²) in [6.07, 6.45) is 5.75. The minimum absolute atomic E-state index is 0.182. The Morgan fingerprint density at radius 1 is 1.29 bits per heavy atom. The van der Waals surface area contributed by atoms with E-state index in [2.05, 4.69) is 6.07 Å². The second-order valence-corrected chi connectivity index (χ2v) is 4.71. The number of aryl methyl sites for hydroxylation is 1. The van der Waals surface area contributed by atoms with E-state index in [0.29, 0.717) is 0 Å². The topological polar surface area (TPSA) is 26.0 Å². The maximum absolute atomic E-state index is 6.06. The van der Waals surface area contributed by atoms with Gasteiger partial charge >= 0.3 is 0 Å². The van der Waals surface area contributed by atoms with Gasteiger partial charge in [-0.3, -0.25) is 0 Å². The molecule has 2 rings (SSSR count). The molecule has 2 heteroatoms. The molecule has 1 saturated carbocycles. The summed E-state index contributed by atoms with van der Waals surface area (Å²) in [5, 5.41) is 0.884. The summed E-state index contributed by atoms with van der Waals surface area (Å²) in [5.74, 6) is 0. The lowest BCUT2D eigenvalue weighted by Gasteiger charge is -2.08. The van der Waals surface area contributed by atoms with Crippen molar-refractivity contribution >= 4 is 11.6 Å². The van der Waals surface area contributed by atoms with Crippen molar-refractivity contribution in [3.63, 3.8) is 0 Å². The number of hydrogen-bond acceptors (Lipinski definition) is 1. The molecule has 0 unspecified atom stereocenters. The molecule has 0 bridgehead atoms. The third kappa shape index (κ3) is 2.49. The molecule has 76 valence electrons. The molecule has 1 aliphatic carbocycles. The molecule has 0 heterocycles. The first-order valence-electron chi connectivity index (χ1n) is 5.22. The summed E-state index contributed by atoms with van der Waals surface area (Å²) in [5.41, 5.74) is 7.45. The lowest BCUT2D eigenvalue weighted by atomic mass is 10.0. The van der Waals surface area contributed by atoms with Gasteiger partial charge in [-0.25, -0.2) is 0 Å². The van der Waals surface area contributed by atoms with Gasteiger partial charge in [-0.15, -0.1) is 0 Å². The van der Waals surface area contributed by atoms with Crippen LogP contribution in [0.4, 0.5) is 0 Å². The molecule has 1 aliphatic rings. The van der Waals surface area contributed by atoms with Crippen LogP contribution in [-0.2, 0) is 6.42 Å². The Labute approximate surface area is 90.3 Å². The van der Waals surface area contributed by atoms with Gasteiger partial charge in [0.15, 0.2) is 0 Å². The van der Waals surface area contributed by atoms with Gasteiger partial charge in [-0.2, -0.15) is 0 Å². The van der Waals surface area contributed by atoms with Gasteiger partial charge in [-0.05, 0) is 43.7 Å². The van der Waals surface area contributed by atoms with Gasteiger partial charge in [0.05, 0.1) is 0 Å². The van der Waals surface area contributed by atoms with Crippen LogP contribution in [0.3, 0.4) is 0 Å². The zero-order valence-electron chi connectivity index (χ0n) is 8.30. The minimum atomic E-state index is 0.182. The van der Waals surface area contributed by atoms with Gasteiger partial charge in [0.2, 0.25) is 0 Å². The highest BCUT2D eigenvalue weighted by Crippen LogP contribution is 2.37. The fraction of sp³-hybridized carbons (Fsp3) is 0.500. The van der Waals surface area contributed by atoms with Crippen molar-refractivity contribution in [3.8, 4) is 0 Å². The lowest BCUT2D eigenvalue weighted by Crippen LogP contribution is -2.21. The van der Waals surface area contributed by atoms with E-state index in [1.165, 1.54) is 18.4 Å². The molecular formula is C12H16ClN. The van der Waals surface area contributed by atoms with Gasteiger partial charge in [-0.1, -0.05) is 29.8 Å². The van der Waals surface area contributed by atoms with Crippen molar-refractivity contribution in [1.82, 2.24) is 0 Å². The zero-order valence-corrected chi connectivity index (χ0v) is 9.06. The summed E-state index contributed by atoms with van der Waals surface area (Å²) < 4.78 is 0. The van der Waals surface area contributed by atoms with Crippen LogP contribution in [0.1, 0.15) is 31.2 Å². The van der Waals surface area contributed by atoms with E-state index >= 15 is 0 Å². The Kier molecular flexibility index (Phi) is 2.80. The predicted molar refractivity (Wildman–Crippen MR) is 60.5 cm³/mol. The van der Waals surface area contributed by atoms with Crippen LogP contribution in [-0.4, -0.2) is 5.54 Å². The number of benzene rings is 1. The predicted octanol–water partition coefficient (Wildman–Crippen LogP) is 3.15. The van der Waals surface area contributed by atoms with Gasteiger partial charge in [0, 0.05) is 10.6 Å². The fourth-order valence-electron chi connectivity index (χ4n) is 1.74. The van der Waals surface area contributed by atoms with E-state index in [1.54, 1.807) is 0 Å². The second kappa shape index (κ2) is 3.92. The quantitative estimate of drug-likeness (QED) is 0.810. The van der Waals surface area contributed by atoms with Crippen LogP contribution in [0.15, 0.2) is 24.3 Å². The average Bonchev–Trinajstić information content (AvgIpc) is 2.88. The Morgan fingerprint density at radius 2 is 2.00 bits per heavy atom. The molecule has 1 fully saturated rings.